The lowest BCUT2D eigenvalue weighted by Crippen LogP contribution is -2.55. The van der Waals surface area contributed by atoms with Crippen molar-refractivity contribution in [3.63, 3.8) is 0 Å². The first kappa shape index (κ1) is 16.1. The van der Waals surface area contributed by atoms with E-state index in [2.05, 4.69) is 32.1 Å². The van der Waals surface area contributed by atoms with Crippen molar-refractivity contribution in [1.82, 2.24) is 16.0 Å². The smallest absolute Gasteiger partial charge is 0.322 e. The van der Waals surface area contributed by atoms with E-state index in [9.17, 15) is 14.4 Å². The Hall–Kier alpha value is -2.43. The number of carbonyl (C=O) groups excluding carboxylic acids is 3. The van der Waals surface area contributed by atoms with Crippen LogP contribution in [0.15, 0.2) is 10.2 Å². The Labute approximate surface area is 145 Å². The molecule has 0 unspecified atom stereocenters. The highest BCUT2D eigenvalue weighted by molar-refractivity contribution is 6.08. The molecule has 3 fully saturated rings. The first-order valence-electron chi connectivity index (χ1n) is 8.77. The van der Waals surface area contributed by atoms with Gasteiger partial charge in [0.25, 0.3) is 5.91 Å². The molecule has 2 saturated carbocycles. The highest BCUT2D eigenvalue weighted by Gasteiger charge is 2.64. The molecule has 4 atom stereocenters. The fourth-order valence-electron chi connectivity index (χ4n) is 4.85. The van der Waals surface area contributed by atoms with Crippen LogP contribution in [0.3, 0.4) is 0 Å². The Morgan fingerprint density at radius 1 is 1.32 bits per heavy atom. The van der Waals surface area contributed by atoms with Gasteiger partial charge < -0.3 is 10.6 Å². The Kier molecular flexibility index (Phi) is 3.56. The molecule has 25 heavy (non-hydrogen) atoms. The summed E-state index contributed by atoms with van der Waals surface area (Å²) in [5.74, 6) is 2.19. The monoisotopic (exact) mass is 343 g/mol. The summed E-state index contributed by atoms with van der Waals surface area (Å²) in [4.78, 5) is 36.5. The third-order valence-corrected chi connectivity index (χ3v) is 6.09. The van der Waals surface area contributed by atoms with Gasteiger partial charge in [-0.3, -0.25) is 14.9 Å². The van der Waals surface area contributed by atoms with E-state index in [1.165, 1.54) is 0 Å². The summed E-state index contributed by atoms with van der Waals surface area (Å²) >= 11 is 0. The molecule has 1 saturated heterocycles. The number of urea groups is 1. The maximum atomic E-state index is 12.6. The first-order chi connectivity index (χ1) is 12.0. The van der Waals surface area contributed by atoms with E-state index < -0.39 is 17.2 Å². The van der Waals surface area contributed by atoms with Gasteiger partial charge in [0.05, 0.1) is 0 Å². The van der Waals surface area contributed by atoms with E-state index in [1.54, 1.807) is 0 Å². The minimum absolute atomic E-state index is 0.0479. The number of carbonyl (C=O) groups is 3. The highest BCUT2D eigenvalue weighted by Crippen LogP contribution is 2.55. The van der Waals surface area contributed by atoms with E-state index in [1.807, 2.05) is 0 Å². The number of imide groups is 1. The summed E-state index contributed by atoms with van der Waals surface area (Å²) in [6.07, 6.45) is 9.45. The van der Waals surface area contributed by atoms with Crippen molar-refractivity contribution in [2.45, 2.75) is 49.7 Å². The van der Waals surface area contributed by atoms with Crippen LogP contribution in [0.4, 0.5) is 4.79 Å². The lowest BCUT2D eigenvalue weighted by molar-refractivity contribution is -0.131. The third kappa shape index (κ3) is 2.58. The number of nitrogens with zero attached hydrogens (tertiary/aromatic N) is 2. The van der Waals surface area contributed by atoms with E-state index in [0.717, 1.165) is 12.8 Å². The number of fused-ring (bicyclic) bond motifs is 3. The van der Waals surface area contributed by atoms with E-state index in [0.29, 0.717) is 38.1 Å². The normalized spacial score (nSPS) is 36.2. The molecular formula is C17H21N5O3. The number of hydrogen-bond donors (Lipinski definition) is 3. The van der Waals surface area contributed by atoms with Gasteiger partial charge in [0, 0.05) is 37.6 Å². The van der Waals surface area contributed by atoms with Crippen molar-refractivity contribution < 1.29 is 14.4 Å². The van der Waals surface area contributed by atoms with Crippen molar-refractivity contribution >= 4 is 17.8 Å². The van der Waals surface area contributed by atoms with E-state index in [-0.39, 0.29) is 23.7 Å². The molecular weight excluding hydrogens is 322 g/mol. The predicted octanol–water partition coefficient (Wildman–Crippen LogP) is 0.692. The van der Waals surface area contributed by atoms with E-state index >= 15 is 0 Å². The molecule has 4 amide bonds. The standard InChI is InChI=1S/C17H21N5O3/c1-2-3-4-16(21-22-16)5-6-18-13(23)11-7-10-8-12(11)17(9-10)14(24)19-15(25)20-17/h1,10-12H,3-9H2,(H,18,23)(H2,19,20,24,25)/t10-,11+,12-,17-/m0/s1. The molecule has 8 heteroatoms. The SMILES string of the molecule is C#CCCC1(CCNC(=O)[C@@H]2C[C@H]3C[C@@H]2[C@]2(C3)NC(=O)NC2=O)N=N1. The fourth-order valence-corrected chi connectivity index (χ4v) is 4.85. The van der Waals surface area contributed by atoms with Crippen LogP contribution < -0.4 is 16.0 Å². The summed E-state index contributed by atoms with van der Waals surface area (Å²) in [7, 11) is 0. The Bertz CT molecular complexity index is 706. The van der Waals surface area contributed by atoms with Crippen LogP contribution in [0, 0.1) is 30.1 Å². The minimum atomic E-state index is -0.892. The van der Waals surface area contributed by atoms with E-state index in [4.69, 9.17) is 6.42 Å². The van der Waals surface area contributed by atoms with Crippen LogP contribution in [-0.2, 0) is 9.59 Å². The van der Waals surface area contributed by atoms with Crippen molar-refractivity contribution in [2.24, 2.45) is 28.0 Å². The molecule has 8 nitrogen and oxygen atoms in total. The lowest BCUT2D eigenvalue weighted by atomic mass is 9.74. The van der Waals surface area contributed by atoms with Crippen LogP contribution in [-0.4, -0.2) is 35.6 Å². The largest absolute Gasteiger partial charge is 0.356 e. The molecule has 0 aromatic heterocycles. The zero-order chi connectivity index (χ0) is 17.7. The molecule has 132 valence electrons. The molecule has 2 bridgehead atoms. The summed E-state index contributed by atoms with van der Waals surface area (Å²) in [5.41, 5.74) is -1.30. The van der Waals surface area contributed by atoms with Gasteiger partial charge in [0.2, 0.25) is 5.91 Å². The molecule has 0 aromatic rings. The van der Waals surface area contributed by atoms with Crippen molar-refractivity contribution in [3.8, 4) is 12.3 Å². The second kappa shape index (κ2) is 5.55. The molecule has 1 spiro atoms. The van der Waals surface area contributed by atoms with Crippen LogP contribution in [0.25, 0.3) is 0 Å². The molecule has 4 rings (SSSR count). The zero-order valence-corrected chi connectivity index (χ0v) is 13.9. The molecule has 2 heterocycles. The lowest BCUT2D eigenvalue weighted by Gasteiger charge is -2.35. The molecule has 4 aliphatic rings. The average molecular weight is 343 g/mol. The van der Waals surface area contributed by atoms with Gasteiger partial charge in [0.15, 0.2) is 5.66 Å². The molecule has 2 aliphatic heterocycles. The van der Waals surface area contributed by atoms with Gasteiger partial charge in [0.1, 0.15) is 5.54 Å². The number of amides is 4. The molecule has 2 aliphatic carbocycles. The number of terminal acetylenes is 1. The van der Waals surface area contributed by atoms with Crippen molar-refractivity contribution in [1.29, 1.82) is 0 Å². The quantitative estimate of drug-likeness (QED) is 0.487. The van der Waals surface area contributed by atoms with Crippen molar-refractivity contribution in [2.75, 3.05) is 6.54 Å². The summed E-state index contributed by atoms with van der Waals surface area (Å²) in [5, 5.41) is 16.2. The zero-order valence-electron chi connectivity index (χ0n) is 13.9. The average Bonchev–Trinajstić information content (AvgIpc) is 2.93. The third-order valence-electron chi connectivity index (χ3n) is 6.09. The van der Waals surface area contributed by atoms with Gasteiger partial charge in [-0.05, 0) is 25.2 Å². The van der Waals surface area contributed by atoms with Gasteiger partial charge in [-0.25, -0.2) is 4.79 Å². The number of nitrogens with one attached hydrogen (secondary N) is 3. The van der Waals surface area contributed by atoms with Crippen LogP contribution in [0.5, 0.6) is 0 Å². The number of hydrogen-bond acceptors (Lipinski definition) is 5. The van der Waals surface area contributed by atoms with Crippen LogP contribution >= 0.6 is 0 Å². The Morgan fingerprint density at radius 2 is 2.12 bits per heavy atom. The number of rotatable bonds is 6. The topological polar surface area (TPSA) is 112 Å². The maximum absolute atomic E-state index is 12.6. The highest BCUT2D eigenvalue weighted by atomic mass is 16.2. The van der Waals surface area contributed by atoms with Gasteiger partial charge in [-0.15, -0.1) is 12.3 Å². The van der Waals surface area contributed by atoms with Gasteiger partial charge in [-0.2, -0.15) is 10.2 Å². The van der Waals surface area contributed by atoms with Crippen LogP contribution in [0.1, 0.15) is 38.5 Å². The molecule has 0 aromatic carbocycles. The Balaban J connectivity index is 1.34. The predicted molar refractivity (Wildman–Crippen MR) is 87.0 cm³/mol. The molecule has 0 radical (unpaired) electrons. The molecule has 3 N–H and O–H groups in total. The summed E-state index contributed by atoms with van der Waals surface area (Å²) in [6.45, 7) is 0.482. The van der Waals surface area contributed by atoms with Crippen molar-refractivity contribution in [3.05, 3.63) is 0 Å². The second-order valence-corrected chi connectivity index (χ2v) is 7.56. The summed E-state index contributed by atoms with van der Waals surface area (Å²) < 4.78 is 0. The Morgan fingerprint density at radius 3 is 2.72 bits per heavy atom. The second-order valence-electron chi connectivity index (χ2n) is 7.56. The summed E-state index contributed by atoms with van der Waals surface area (Å²) in [6, 6.07) is -0.455. The fraction of sp³-hybridized carbons (Fsp3) is 0.706. The van der Waals surface area contributed by atoms with Gasteiger partial charge >= 0.3 is 6.03 Å². The first-order valence-corrected chi connectivity index (χ1v) is 8.77. The maximum Gasteiger partial charge on any atom is 0.322 e. The van der Waals surface area contributed by atoms with Gasteiger partial charge in [-0.1, -0.05) is 0 Å². The van der Waals surface area contributed by atoms with Crippen LogP contribution in [0.2, 0.25) is 0 Å². The minimum Gasteiger partial charge on any atom is -0.356 e.